The second-order valence-corrected chi connectivity index (χ2v) is 15.8. The molecule has 5 aliphatic rings. The van der Waals surface area contributed by atoms with E-state index in [9.17, 15) is 0 Å². The lowest BCUT2D eigenvalue weighted by atomic mass is 9.66. The lowest BCUT2D eigenvalue weighted by molar-refractivity contribution is 0.239. The predicted molar refractivity (Wildman–Crippen MR) is 196 cm³/mol. The van der Waals surface area contributed by atoms with E-state index < -0.39 is 0 Å². The van der Waals surface area contributed by atoms with E-state index in [1.165, 1.54) is 53.7 Å². The molecule has 4 heteroatoms. The van der Waals surface area contributed by atoms with E-state index >= 15 is 0 Å². The van der Waals surface area contributed by atoms with Crippen LogP contribution in [0.25, 0.3) is 31.8 Å². The summed E-state index contributed by atoms with van der Waals surface area (Å²) >= 11 is 1.88. The van der Waals surface area contributed by atoms with Crippen molar-refractivity contribution in [1.29, 1.82) is 0 Å². The number of hydrogen-bond donors (Lipinski definition) is 1. The highest BCUT2D eigenvalue weighted by atomic mass is 32.1. The molecule has 1 aromatic heterocycles. The average Bonchev–Trinajstić information content (AvgIpc) is 3.64. The van der Waals surface area contributed by atoms with Gasteiger partial charge in [-0.3, -0.25) is 0 Å². The maximum Gasteiger partial charge on any atom is 0.205 e. The molecule has 5 aromatic rings. The summed E-state index contributed by atoms with van der Waals surface area (Å²) in [7, 11) is 0. The van der Waals surface area contributed by atoms with Gasteiger partial charge in [0.1, 0.15) is 0 Å². The smallest absolute Gasteiger partial charge is 0.205 e. The van der Waals surface area contributed by atoms with E-state index in [1.54, 1.807) is 0 Å². The maximum atomic E-state index is 5.72. The topological polar surface area (TPSA) is 27.6 Å². The fourth-order valence-electron chi connectivity index (χ4n) is 9.57. The third-order valence-electron chi connectivity index (χ3n) is 11.7. The molecule has 0 fully saturated rings. The van der Waals surface area contributed by atoms with Gasteiger partial charge in [0.2, 0.25) is 5.96 Å². The number of benzene rings is 3. The second-order valence-electron chi connectivity index (χ2n) is 14.8. The fourth-order valence-corrected chi connectivity index (χ4v) is 10.7. The van der Waals surface area contributed by atoms with Crippen molar-refractivity contribution in [3.05, 3.63) is 149 Å². The number of rotatable bonds is 1. The molecule has 4 aromatic carbocycles. The van der Waals surface area contributed by atoms with E-state index in [0.717, 1.165) is 23.6 Å². The Hall–Kier alpha value is -4.85. The van der Waals surface area contributed by atoms with Gasteiger partial charge in [0.05, 0.1) is 28.5 Å². The number of thiophene rings is 1. The van der Waals surface area contributed by atoms with Crippen LogP contribution in [0.2, 0.25) is 0 Å². The molecule has 4 atom stereocenters. The first-order valence-corrected chi connectivity index (χ1v) is 17.5. The van der Waals surface area contributed by atoms with Crippen LogP contribution in [0.5, 0.6) is 0 Å². The molecule has 0 bridgehead atoms. The largest absolute Gasteiger partial charge is 0.345 e. The Kier molecular flexibility index (Phi) is 5.31. The van der Waals surface area contributed by atoms with Gasteiger partial charge in [0.25, 0.3) is 0 Å². The highest BCUT2D eigenvalue weighted by molar-refractivity contribution is 7.25. The summed E-state index contributed by atoms with van der Waals surface area (Å²) in [6, 6.07) is 35.6. The van der Waals surface area contributed by atoms with Crippen LogP contribution < -0.4 is 10.2 Å². The predicted octanol–water partition coefficient (Wildman–Crippen LogP) is 10.1. The highest BCUT2D eigenvalue weighted by Gasteiger charge is 2.58. The van der Waals surface area contributed by atoms with Crippen LogP contribution in [-0.2, 0) is 6.42 Å². The molecule has 228 valence electrons. The van der Waals surface area contributed by atoms with E-state index in [-0.39, 0.29) is 22.4 Å². The van der Waals surface area contributed by atoms with Crippen molar-refractivity contribution >= 4 is 54.8 Å². The number of nitrogens with zero attached hydrogens (tertiary/aromatic N) is 2. The second kappa shape index (κ2) is 9.15. The average molecular weight is 626 g/mol. The first-order chi connectivity index (χ1) is 22.8. The monoisotopic (exact) mass is 625 g/mol. The molecule has 0 saturated heterocycles. The third kappa shape index (κ3) is 3.50. The summed E-state index contributed by atoms with van der Waals surface area (Å²) in [6.45, 7) is 9.62. The van der Waals surface area contributed by atoms with Gasteiger partial charge in [-0.05, 0) is 83.5 Å². The molecule has 0 amide bonds. The number of hydrogen-bond acceptors (Lipinski definition) is 4. The van der Waals surface area contributed by atoms with Gasteiger partial charge in [-0.1, -0.05) is 98.8 Å². The Balaban J connectivity index is 1.21. The molecule has 0 spiro atoms. The van der Waals surface area contributed by atoms with Crippen molar-refractivity contribution in [1.82, 2.24) is 5.32 Å². The van der Waals surface area contributed by atoms with Crippen molar-refractivity contribution in [2.45, 2.75) is 45.7 Å². The van der Waals surface area contributed by atoms with Gasteiger partial charge in [0, 0.05) is 37.9 Å². The summed E-state index contributed by atoms with van der Waals surface area (Å²) in [5, 5.41) is 6.77. The number of fused-ring (bicyclic) bond motifs is 9. The molecule has 10 rings (SSSR count). The Morgan fingerprint density at radius 1 is 0.915 bits per heavy atom. The first-order valence-electron chi connectivity index (χ1n) is 16.7. The van der Waals surface area contributed by atoms with Crippen LogP contribution in [0.3, 0.4) is 0 Å². The third-order valence-corrected chi connectivity index (χ3v) is 12.9. The van der Waals surface area contributed by atoms with E-state index in [1.807, 2.05) is 17.4 Å². The van der Waals surface area contributed by atoms with Gasteiger partial charge < -0.3 is 10.2 Å². The number of allylic oxidation sites excluding steroid dienone is 4. The lowest BCUT2D eigenvalue weighted by Gasteiger charge is -2.44. The van der Waals surface area contributed by atoms with Crippen LogP contribution in [0.1, 0.15) is 56.0 Å². The zero-order valence-corrected chi connectivity index (χ0v) is 27.9. The number of aliphatic imine (C=N–C) groups is 1. The Labute approximate surface area is 280 Å². The molecule has 3 aliphatic carbocycles. The molecule has 0 radical (unpaired) electrons. The van der Waals surface area contributed by atoms with Gasteiger partial charge in [-0.25, -0.2) is 4.99 Å². The van der Waals surface area contributed by atoms with Crippen LogP contribution in [0, 0.1) is 28.9 Å². The molecule has 3 heterocycles. The maximum absolute atomic E-state index is 5.72. The number of anilines is 1. The molecule has 2 aliphatic heterocycles. The van der Waals surface area contributed by atoms with Gasteiger partial charge in [-0.2, -0.15) is 0 Å². The molecular formula is C43H35N3S. The summed E-state index contributed by atoms with van der Waals surface area (Å²) in [5.41, 5.74) is 9.42. The SMILES string of the molecule is CC1(C)C2=C(N=C(N3c4ccc#cc4C4=Cc5ccccc5CC43C)NC2c2ccc3sc4ccccc4c3c2)C2(C)C=CC=CC12. The van der Waals surface area contributed by atoms with Crippen molar-refractivity contribution < 1.29 is 0 Å². The molecular weight excluding hydrogens is 591 g/mol. The normalized spacial score (nSPS) is 27.8. The summed E-state index contributed by atoms with van der Waals surface area (Å²) in [5.74, 6) is 1.22. The van der Waals surface area contributed by atoms with Gasteiger partial charge >= 0.3 is 0 Å². The van der Waals surface area contributed by atoms with Crippen LogP contribution in [0.4, 0.5) is 5.69 Å². The van der Waals surface area contributed by atoms with Gasteiger partial charge in [0.15, 0.2) is 0 Å². The van der Waals surface area contributed by atoms with Crippen LogP contribution in [-0.4, -0.2) is 11.5 Å². The van der Waals surface area contributed by atoms with E-state index in [0.29, 0.717) is 5.92 Å². The molecule has 1 N–H and O–H groups in total. The van der Waals surface area contributed by atoms with E-state index in [2.05, 4.69) is 153 Å². The van der Waals surface area contributed by atoms with Crippen molar-refractivity contribution in [2.75, 3.05) is 4.90 Å². The number of guanidine groups is 1. The Morgan fingerprint density at radius 3 is 2.66 bits per heavy atom. The molecule has 0 saturated carbocycles. The summed E-state index contributed by atoms with van der Waals surface area (Å²) in [6.07, 6.45) is 12.5. The quantitative estimate of drug-likeness (QED) is 0.201. The standard InChI is InChI=1S/C43H35N3S/c1-41(2)36-19-11-12-22-42(36,3)39-37(41)38(27-20-21-35-31(23-27)29-15-8-10-18-34(29)47-35)44-40(45-39)46-33-17-9-7-16-30(33)32-24-26-13-5-6-14-28(26)25-43(32,46)4/h5-6,8-15,17-24,36,38H,25H2,1-4H3,(H,44,45). The Bertz CT molecular complexity index is 2350. The van der Waals surface area contributed by atoms with Crippen molar-refractivity contribution in [3.8, 4) is 0 Å². The summed E-state index contributed by atoms with van der Waals surface area (Å²) in [4.78, 5) is 8.21. The highest BCUT2D eigenvalue weighted by Crippen LogP contribution is 2.64. The minimum absolute atomic E-state index is 0.0324. The van der Waals surface area contributed by atoms with Crippen LogP contribution >= 0.6 is 11.3 Å². The summed E-state index contributed by atoms with van der Waals surface area (Å²) < 4.78 is 2.66. The van der Waals surface area contributed by atoms with Crippen molar-refractivity contribution in [2.24, 2.45) is 21.7 Å². The zero-order valence-electron chi connectivity index (χ0n) is 27.1. The Morgan fingerprint density at radius 2 is 1.74 bits per heavy atom. The first kappa shape index (κ1) is 27.3. The fraction of sp³-hybridized carbons (Fsp3) is 0.233. The molecule has 47 heavy (non-hydrogen) atoms. The van der Waals surface area contributed by atoms with Gasteiger partial charge in [-0.15, -0.1) is 11.3 Å². The van der Waals surface area contributed by atoms with Crippen LogP contribution in [0.15, 0.2) is 119 Å². The number of nitrogens with one attached hydrogen (secondary N) is 1. The zero-order chi connectivity index (χ0) is 31.7. The minimum Gasteiger partial charge on any atom is -0.345 e. The minimum atomic E-state index is -0.332. The van der Waals surface area contributed by atoms with Crippen molar-refractivity contribution in [3.63, 3.8) is 0 Å². The molecule has 4 unspecified atom stereocenters. The lowest BCUT2D eigenvalue weighted by Crippen LogP contribution is -2.56. The molecule has 3 nitrogen and oxygen atoms in total. The van der Waals surface area contributed by atoms with E-state index in [4.69, 9.17) is 4.99 Å².